The number of piperidine rings is 1. The summed E-state index contributed by atoms with van der Waals surface area (Å²) in [6.07, 6.45) is 6.57. The minimum absolute atomic E-state index is 0.0387. The Morgan fingerprint density at radius 1 is 1.45 bits per heavy atom. The Morgan fingerprint density at radius 2 is 2.23 bits per heavy atom. The molecule has 2 aliphatic rings. The molecule has 2 saturated heterocycles. The van der Waals surface area contributed by atoms with Crippen LogP contribution in [0.3, 0.4) is 0 Å². The summed E-state index contributed by atoms with van der Waals surface area (Å²) in [7, 11) is 0. The van der Waals surface area contributed by atoms with Crippen LogP contribution < -0.4 is 4.74 Å². The predicted octanol–water partition coefficient (Wildman–Crippen LogP) is 1.85. The zero-order valence-corrected chi connectivity index (χ0v) is 13.5. The van der Waals surface area contributed by atoms with Crippen molar-refractivity contribution >= 4 is 0 Å². The highest BCUT2D eigenvalue weighted by atomic mass is 16.6. The Hall–Kier alpha value is -1.17. The van der Waals surface area contributed by atoms with E-state index in [2.05, 4.69) is 9.88 Å². The van der Waals surface area contributed by atoms with E-state index in [1.165, 1.54) is 0 Å². The number of aliphatic hydroxyl groups is 1. The van der Waals surface area contributed by atoms with Crippen molar-refractivity contribution in [2.24, 2.45) is 0 Å². The topological polar surface area (TPSA) is 54.8 Å². The van der Waals surface area contributed by atoms with E-state index < -0.39 is 5.60 Å². The lowest BCUT2D eigenvalue weighted by molar-refractivity contribution is -0.0577. The van der Waals surface area contributed by atoms with Gasteiger partial charge in [-0.25, -0.2) is 0 Å². The number of likely N-dealkylation sites (tertiary alicyclic amines) is 1. The number of pyridine rings is 1. The van der Waals surface area contributed by atoms with Crippen LogP contribution in [-0.2, 0) is 4.74 Å². The van der Waals surface area contributed by atoms with Crippen molar-refractivity contribution < 1.29 is 14.6 Å². The number of hydrogen-bond acceptors (Lipinski definition) is 5. The largest absolute Gasteiger partial charge is 0.486 e. The summed E-state index contributed by atoms with van der Waals surface area (Å²) in [5.41, 5.74) is -0.671. The van der Waals surface area contributed by atoms with Crippen LogP contribution in [-0.4, -0.2) is 58.5 Å². The van der Waals surface area contributed by atoms with Gasteiger partial charge in [0.25, 0.3) is 0 Å². The molecule has 1 spiro atoms. The average molecular weight is 306 g/mol. The molecule has 0 bridgehead atoms. The maximum absolute atomic E-state index is 9.93. The van der Waals surface area contributed by atoms with Crippen LogP contribution in [0.5, 0.6) is 5.75 Å². The molecule has 1 N–H and O–H groups in total. The Labute approximate surface area is 132 Å². The number of β-amino-alcohol motifs (C(OH)–C–C–N with tert-alkyl or cyclic N) is 1. The van der Waals surface area contributed by atoms with E-state index in [4.69, 9.17) is 9.47 Å². The first kappa shape index (κ1) is 15.7. The van der Waals surface area contributed by atoms with Gasteiger partial charge in [0.2, 0.25) is 0 Å². The fraction of sp³-hybridized carbons (Fsp3) is 0.706. The van der Waals surface area contributed by atoms with Crippen molar-refractivity contribution in [3.63, 3.8) is 0 Å². The maximum Gasteiger partial charge on any atom is 0.138 e. The van der Waals surface area contributed by atoms with Crippen molar-refractivity contribution in [2.75, 3.05) is 26.2 Å². The molecule has 1 atom stereocenters. The molecule has 0 saturated carbocycles. The molecule has 3 heterocycles. The lowest BCUT2D eigenvalue weighted by Gasteiger charge is -2.40. The molecule has 122 valence electrons. The normalized spacial score (nSPS) is 25.5. The third kappa shape index (κ3) is 3.97. The first-order valence-corrected chi connectivity index (χ1v) is 8.10. The molecule has 22 heavy (non-hydrogen) atoms. The van der Waals surface area contributed by atoms with Crippen molar-refractivity contribution in [1.82, 2.24) is 9.88 Å². The number of aromatic nitrogens is 1. The van der Waals surface area contributed by atoms with Gasteiger partial charge in [-0.05, 0) is 38.8 Å². The van der Waals surface area contributed by atoms with Crippen LogP contribution in [0.15, 0.2) is 24.5 Å². The summed E-state index contributed by atoms with van der Waals surface area (Å²) in [5, 5.41) is 9.93. The van der Waals surface area contributed by atoms with Gasteiger partial charge in [-0.3, -0.25) is 4.98 Å². The highest BCUT2D eigenvalue weighted by Crippen LogP contribution is 2.37. The van der Waals surface area contributed by atoms with E-state index in [1.54, 1.807) is 12.4 Å². The quantitative estimate of drug-likeness (QED) is 0.920. The fourth-order valence-corrected chi connectivity index (χ4v) is 3.50. The Bertz CT molecular complexity index is 478. The highest BCUT2D eigenvalue weighted by Gasteiger charge is 2.44. The van der Waals surface area contributed by atoms with Crippen LogP contribution in [0.4, 0.5) is 0 Å². The van der Waals surface area contributed by atoms with Gasteiger partial charge in [-0.2, -0.15) is 0 Å². The van der Waals surface area contributed by atoms with E-state index in [-0.39, 0.29) is 11.7 Å². The fourth-order valence-electron chi connectivity index (χ4n) is 3.50. The van der Waals surface area contributed by atoms with Crippen LogP contribution in [0.2, 0.25) is 0 Å². The second kappa shape index (κ2) is 6.14. The molecule has 0 aliphatic carbocycles. The summed E-state index contributed by atoms with van der Waals surface area (Å²) in [5.74, 6) is 0.813. The van der Waals surface area contributed by atoms with E-state index in [9.17, 15) is 5.11 Å². The van der Waals surface area contributed by atoms with Gasteiger partial charge < -0.3 is 19.5 Å². The first-order valence-electron chi connectivity index (χ1n) is 8.10. The lowest BCUT2D eigenvalue weighted by Crippen LogP contribution is -2.48. The molecule has 1 unspecified atom stereocenters. The Balaban J connectivity index is 1.50. The molecule has 3 rings (SSSR count). The second-order valence-corrected chi connectivity index (χ2v) is 7.22. The van der Waals surface area contributed by atoms with Crippen molar-refractivity contribution in [3.8, 4) is 5.75 Å². The van der Waals surface area contributed by atoms with Crippen LogP contribution in [0, 0.1) is 0 Å². The molecule has 0 aromatic carbocycles. The highest BCUT2D eigenvalue weighted by molar-refractivity contribution is 5.16. The summed E-state index contributed by atoms with van der Waals surface area (Å²) in [6.45, 7) is 7.05. The van der Waals surface area contributed by atoms with Crippen molar-refractivity contribution in [1.29, 1.82) is 0 Å². The van der Waals surface area contributed by atoms with Crippen LogP contribution in [0.25, 0.3) is 0 Å². The second-order valence-electron chi connectivity index (χ2n) is 7.22. The molecular weight excluding hydrogens is 280 g/mol. The standard InChI is InChI=1S/C17H26N2O3/c1-16(2,20)13-19-8-5-17(6-9-19)10-15(12-21-17)22-14-4-3-7-18-11-14/h3-4,7,11,15,20H,5-6,8-10,12-13H2,1-2H3. The third-order valence-corrected chi connectivity index (χ3v) is 4.49. The number of rotatable bonds is 4. The van der Waals surface area contributed by atoms with Gasteiger partial charge in [0.1, 0.15) is 11.9 Å². The van der Waals surface area contributed by atoms with Gasteiger partial charge in [0, 0.05) is 32.3 Å². The molecule has 2 fully saturated rings. The molecule has 5 heteroatoms. The summed E-state index contributed by atoms with van der Waals surface area (Å²) in [4.78, 5) is 6.40. The van der Waals surface area contributed by atoms with Gasteiger partial charge in [-0.15, -0.1) is 0 Å². The van der Waals surface area contributed by atoms with Gasteiger partial charge in [0.05, 0.1) is 24.0 Å². The zero-order valence-electron chi connectivity index (χ0n) is 13.5. The van der Waals surface area contributed by atoms with Crippen LogP contribution in [0.1, 0.15) is 33.1 Å². The monoisotopic (exact) mass is 306 g/mol. The summed E-state index contributed by atoms with van der Waals surface area (Å²) in [6, 6.07) is 3.82. The molecule has 2 aliphatic heterocycles. The number of ether oxygens (including phenoxy) is 2. The Morgan fingerprint density at radius 3 is 2.86 bits per heavy atom. The number of hydrogen-bond donors (Lipinski definition) is 1. The van der Waals surface area contributed by atoms with Gasteiger partial charge in [0.15, 0.2) is 0 Å². The lowest BCUT2D eigenvalue weighted by atomic mass is 9.87. The molecule has 0 amide bonds. The van der Waals surface area contributed by atoms with Crippen molar-refractivity contribution in [3.05, 3.63) is 24.5 Å². The summed E-state index contributed by atoms with van der Waals surface area (Å²) < 4.78 is 12.1. The molecule has 5 nitrogen and oxygen atoms in total. The third-order valence-electron chi connectivity index (χ3n) is 4.49. The minimum atomic E-state index is -0.632. The van der Waals surface area contributed by atoms with E-state index in [0.29, 0.717) is 6.61 Å². The van der Waals surface area contributed by atoms with E-state index in [0.717, 1.165) is 44.6 Å². The molecule has 1 aromatic heterocycles. The molecule has 0 radical (unpaired) electrons. The van der Waals surface area contributed by atoms with E-state index >= 15 is 0 Å². The predicted molar refractivity (Wildman–Crippen MR) is 83.9 cm³/mol. The average Bonchev–Trinajstić information content (AvgIpc) is 2.84. The van der Waals surface area contributed by atoms with Gasteiger partial charge in [-0.1, -0.05) is 0 Å². The smallest absolute Gasteiger partial charge is 0.138 e. The SMILES string of the molecule is CC(C)(O)CN1CCC2(CC1)CC(Oc1cccnc1)CO2. The van der Waals surface area contributed by atoms with Gasteiger partial charge >= 0.3 is 0 Å². The Kier molecular flexibility index (Phi) is 4.39. The first-order chi connectivity index (χ1) is 10.4. The summed E-state index contributed by atoms with van der Waals surface area (Å²) >= 11 is 0. The number of nitrogens with zero attached hydrogens (tertiary/aromatic N) is 2. The van der Waals surface area contributed by atoms with Crippen molar-refractivity contribution in [2.45, 2.75) is 50.4 Å². The van der Waals surface area contributed by atoms with Crippen LogP contribution >= 0.6 is 0 Å². The molecule has 1 aromatic rings. The zero-order chi connectivity index (χ0) is 15.6. The maximum atomic E-state index is 9.93. The van der Waals surface area contributed by atoms with E-state index in [1.807, 2.05) is 26.0 Å². The minimum Gasteiger partial charge on any atom is -0.486 e. The molecular formula is C17H26N2O3.